The van der Waals surface area contributed by atoms with E-state index in [1.165, 1.54) is 0 Å². The van der Waals surface area contributed by atoms with E-state index in [1.807, 2.05) is 19.9 Å². The molecule has 0 atom stereocenters. The molecule has 0 bridgehead atoms. The second-order valence-corrected chi connectivity index (χ2v) is 5.35. The van der Waals surface area contributed by atoms with Gasteiger partial charge in [0.15, 0.2) is 5.65 Å². The summed E-state index contributed by atoms with van der Waals surface area (Å²) >= 11 is 11.8. The Morgan fingerprint density at radius 1 is 1.42 bits per heavy atom. The number of rotatable bonds is 6. The highest BCUT2D eigenvalue weighted by atomic mass is 35.5. The van der Waals surface area contributed by atoms with Gasteiger partial charge in [0.05, 0.1) is 17.7 Å². The minimum Gasteiger partial charge on any atom is -0.377 e. The van der Waals surface area contributed by atoms with Gasteiger partial charge in [0, 0.05) is 25.0 Å². The number of aromatic nitrogens is 3. The molecule has 0 radical (unpaired) electrons. The first-order valence-electron chi connectivity index (χ1n) is 6.30. The lowest BCUT2D eigenvalue weighted by atomic mass is 10.4. The fourth-order valence-corrected chi connectivity index (χ4v) is 2.24. The van der Waals surface area contributed by atoms with Crippen molar-refractivity contribution >= 4 is 34.4 Å². The molecule has 0 fully saturated rings. The minimum absolute atomic E-state index is 0.216. The maximum atomic E-state index is 5.94. The SMILES string of the molecule is CC(C)OCCn1c(CCCl)nc2cc(Cl)cnc21. The van der Waals surface area contributed by atoms with Crippen molar-refractivity contribution in [3.8, 4) is 0 Å². The molecule has 2 rings (SSSR count). The van der Waals surface area contributed by atoms with E-state index in [1.54, 1.807) is 6.20 Å². The third-order valence-electron chi connectivity index (χ3n) is 2.71. The van der Waals surface area contributed by atoms with E-state index in [0.717, 1.165) is 23.5 Å². The molecule has 0 saturated carbocycles. The van der Waals surface area contributed by atoms with Gasteiger partial charge in [0.25, 0.3) is 0 Å². The first-order valence-corrected chi connectivity index (χ1v) is 7.21. The van der Waals surface area contributed by atoms with E-state index in [9.17, 15) is 0 Å². The number of aryl methyl sites for hydroxylation is 1. The molecule has 0 N–H and O–H groups in total. The lowest BCUT2D eigenvalue weighted by molar-refractivity contribution is 0.0728. The van der Waals surface area contributed by atoms with Crippen LogP contribution in [0.25, 0.3) is 11.2 Å². The molecule has 0 amide bonds. The van der Waals surface area contributed by atoms with Gasteiger partial charge in [-0.2, -0.15) is 0 Å². The second-order valence-electron chi connectivity index (χ2n) is 4.53. The lowest BCUT2D eigenvalue weighted by Crippen LogP contribution is -2.13. The first-order chi connectivity index (χ1) is 9.11. The van der Waals surface area contributed by atoms with Gasteiger partial charge in [0.1, 0.15) is 11.3 Å². The van der Waals surface area contributed by atoms with Crippen molar-refractivity contribution in [1.29, 1.82) is 0 Å². The van der Waals surface area contributed by atoms with Crippen LogP contribution in [0.15, 0.2) is 12.3 Å². The molecule has 4 nitrogen and oxygen atoms in total. The summed E-state index contributed by atoms with van der Waals surface area (Å²) in [5.74, 6) is 1.45. The van der Waals surface area contributed by atoms with Gasteiger partial charge in [-0.1, -0.05) is 11.6 Å². The van der Waals surface area contributed by atoms with Crippen LogP contribution in [-0.2, 0) is 17.7 Å². The predicted molar refractivity (Wildman–Crippen MR) is 78.1 cm³/mol. The summed E-state index contributed by atoms with van der Waals surface area (Å²) in [5.41, 5.74) is 1.63. The Hall–Kier alpha value is -0.840. The highest BCUT2D eigenvalue weighted by Crippen LogP contribution is 2.18. The quantitative estimate of drug-likeness (QED) is 0.769. The Kier molecular flexibility index (Phi) is 5.02. The number of ether oxygens (including phenoxy) is 1. The molecule has 2 aromatic heterocycles. The molecule has 0 aliphatic rings. The van der Waals surface area contributed by atoms with Gasteiger partial charge < -0.3 is 9.30 Å². The zero-order chi connectivity index (χ0) is 13.8. The van der Waals surface area contributed by atoms with E-state index < -0.39 is 0 Å². The van der Waals surface area contributed by atoms with Crippen molar-refractivity contribution in [3.05, 3.63) is 23.1 Å². The topological polar surface area (TPSA) is 39.9 Å². The van der Waals surface area contributed by atoms with E-state index in [0.29, 0.717) is 23.9 Å². The van der Waals surface area contributed by atoms with Crippen LogP contribution in [0.4, 0.5) is 0 Å². The predicted octanol–water partition coefficient (Wildman–Crippen LogP) is 3.29. The van der Waals surface area contributed by atoms with Crippen LogP contribution in [0, 0.1) is 0 Å². The average Bonchev–Trinajstić information content (AvgIpc) is 2.66. The lowest BCUT2D eigenvalue weighted by Gasteiger charge is -2.10. The molecule has 104 valence electrons. The van der Waals surface area contributed by atoms with Crippen LogP contribution in [-0.4, -0.2) is 33.1 Å². The summed E-state index contributed by atoms with van der Waals surface area (Å²) < 4.78 is 7.64. The molecule has 2 aromatic rings. The highest BCUT2D eigenvalue weighted by molar-refractivity contribution is 6.31. The maximum Gasteiger partial charge on any atom is 0.160 e. The maximum absolute atomic E-state index is 5.94. The molecule has 0 saturated heterocycles. The second kappa shape index (κ2) is 6.55. The van der Waals surface area contributed by atoms with Gasteiger partial charge in [0.2, 0.25) is 0 Å². The monoisotopic (exact) mass is 301 g/mol. The number of imidazole rings is 1. The van der Waals surface area contributed by atoms with Gasteiger partial charge in [-0.05, 0) is 19.9 Å². The molecule has 0 aliphatic carbocycles. The summed E-state index contributed by atoms with van der Waals surface area (Å²) in [5, 5.41) is 0.591. The molecular weight excluding hydrogens is 285 g/mol. The van der Waals surface area contributed by atoms with Crippen LogP contribution in [0.5, 0.6) is 0 Å². The normalized spacial score (nSPS) is 11.6. The Labute approximate surface area is 122 Å². The molecule has 0 spiro atoms. The van der Waals surface area contributed by atoms with Crippen LogP contribution in [0.3, 0.4) is 0 Å². The summed E-state index contributed by atoms with van der Waals surface area (Å²) in [6.45, 7) is 5.38. The summed E-state index contributed by atoms with van der Waals surface area (Å²) in [7, 11) is 0. The van der Waals surface area contributed by atoms with Crippen molar-refractivity contribution in [2.75, 3.05) is 12.5 Å². The van der Waals surface area contributed by atoms with E-state index in [2.05, 4.69) is 14.5 Å². The molecule has 0 unspecified atom stereocenters. The van der Waals surface area contributed by atoms with Gasteiger partial charge in [-0.15, -0.1) is 11.6 Å². The van der Waals surface area contributed by atoms with Crippen molar-refractivity contribution in [2.45, 2.75) is 32.9 Å². The van der Waals surface area contributed by atoms with Gasteiger partial charge in [-0.25, -0.2) is 9.97 Å². The zero-order valence-corrected chi connectivity index (χ0v) is 12.6. The third kappa shape index (κ3) is 3.59. The number of hydrogen-bond acceptors (Lipinski definition) is 3. The molecular formula is C13H17Cl2N3O. The van der Waals surface area contributed by atoms with Crippen LogP contribution < -0.4 is 0 Å². The molecule has 19 heavy (non-hydrogen) atoms. The average molecular weight is 302 g/mol. The molecule has 2 heterocycles. The minimum atomic E-state index is 0.216. The van der Waals surface area contributed by atoms with Crippen molar-refractivity contribution in [3.63, 3.8) is 0 Å². The smallest absolute Gasteiger partial charge is 0.160 e. The first kappa shape index (κ1) is 14.6. The van der Waals surface area contributed by atoms with E-state index in [-0.39, 0.29) is 6.10 Å². The summed E-state index contributed by atoms with van der Waals surface area (Å²) in [6, 6.07) is 1.82. The number of alkyl halides is 1. The number of pyridine rings is 1. The number of nitrogens with zero attached hydrogens (tertiary/aromatic N) is 3. The van der Waals surface area contributed by atoms with Crippen LogP contribution >= 0.6 is 23.2 Å². The Balaban J connectivity index is 2.29. The standard InChI is InChI=1S/C13H17Cl2N3O/c1-9(2)19-6-5-18-12(3-4-14)17-11-7-10(15)8-16-13(11)18/h7-9H,3-6H2,1-2H3. The van der Waals surface area contributed by atoms with Crippen LogP contribution in [0.1, 0.15) is 19.7 Å². The largest absolute Gasteiger partial charge is 0.377 e. The molecule has 6 heteroatoms. The van der Waals surface area contributed by atoms with E-state index >= 15 is 0 Å². The number of halogens is 2. The Morgan fingerprint density at radius 3 is 2.89 bits per heavy atom. The van der Waals surface area contributed by atoms with Crippen molar-refractivity contribution in [1.82, 2.24) is 14.5 Å². The summed E-state index contributed by atoms with van der Waals surface area (Å²) in [4.78, 5) is 8.89. The van der Waals surface area contributed by atoms with Crippen molar-refractivity contribution in [2.24, 2.45) is 0 Å². The fraction of sp³-hybridized carbons (Fsp3) is 0.538. The highest BCUT2D eigenvalue weighted by Gasteiger charge is 2.12. The van der Waals surface area contributed by atoms with Gasteiger partial charge in [-0.3, -0.25) is 0 Å². The van der Waals surface area contributed by atoms with E-state index in [4.69, 9.17) is 27.9 Å². The molecule has 0 aliphatic heterocycles. The van der Waals surface area contributed by atoms with Crippen LogP contribution in [0.2, 0.25) is 5.02 Å². The Morgan fingerprint density at radius 2 is 2.21 bits per heavy atom. The van der Waals surface area contributed by atoms with Crippen molar-refractivity contribution < 1.29 is 4.74 Å². The number of hydrogen-bond donors (Lipinski definition) is 0. The number of fused-ring (bicyclic) bond motifs is 1. The fourth-order valence-electron chi connectivity index (χ4n) is 1.92. The zero-order valence-electron chi connectivity index (χ0n) is 11.1. The van der Waals surface area contributed by atoms with Gasteiger partial charge >= 0.3 is 0 Å². The third-order valence-corrected chi connectivity index (χ3v) is 3.11. The Bertz CT molecular complexity index is 554. The molecule has 0 aromatic carbocycles. The summed E-state index contributed by atoms with van der Waals surface area (Å²) in [6.07, 6.45) is 2.56.